The van der Waals surface area contributed by atoms with Crippen molar-refractivity contribution in [3.05, 3.63) is 0 Å². The molecule has 0 aromatic heterocycles. The van der Waals surface area contributed by atoms with Crippen LogP contribution in [0.4, 0.5) is 0 Å². The Morgan fingerprint density at radius 1 is 1.06 bits per heavy atom. The molecule has 3 fully saturated rings. The lowest BCUT2D eigenvalue weighted by molar-refractivity contribution is -0.134. The number of rotatable bonds is 2. The van der Waals surface area contributed by atoms with Crippen molar-refractivity contribution in [2.24, 2.45) is 29.4 Å². The Labute approximate surface area is 104 Å². The van der Waals surface area contributed by atoms with Crippen molar-refractivity contribution in [1.82, 2.24) is 4.90 Å². The van der Waals surface area contributed by atoms with Gasteiger partial charge >= 0.3 is 0 Å². The Morgan fingerprint density at radius 3 is 2.18 bits per heavy atom. The van der Waals surface area contributed by atoms with Crippen LogP contribution in [-0.2, 0) is 4.79 Å². The molecule has 3 nitrogen and oxygen atoms in total. The highest BCUT2D eigenvalue weighted by Gasteiger charge is 2.55. The summed E-state index contributed by atoms with van der Waals surface area (Å²) in [5.41, 5.74) is 5.69. The lowest BCUT2D eigenvalue weighted by Crippen LogP contribution is -2.41. The highest BCUT2D eigenvalue weighted by Crippen LogP contribution is 2.56. The van der Waals surface area contributed by atoms with E-state index < -0.39 is 0 Å². The van der Waals surface area contributed by atoms with Gasteiger partial charge in [0.05, 0.1) is 0 Å². The summed E-state index contributed by atoms with van der Waals surface area (Å²) >= 11 is 0. The zero-order valence-corrected chi connectivity index (χ0v) is 10.6. The van der Waals surface area contributed by atoms with Crippen molar-refractivity contribution in [1.29, 1.82) is 0 Å². The van der Waals surface area contributed by atoms with Crippen molar-refractivity contribution < 1.29 is 4.79 Å². The van der Waals surface area contributed by atoms with Crippen LogP contribution in [0.25, 0.3) is 0 Å². The Bertz CT molecular complexity index is 285. The highest BCUT2D eigenvalue weighted by atomic mass is 16.2. The molecule has 3 aliphatic rings. The molecule has 2 atom stereocenters. The number of piperidine rings is 1. The van der Waals surface area contributed by atoms with E-state index in [4.69, 9.17) is 5.73 Å². The maximum absolute atomic E-state index is 12.4. The van der Waals surface area contributed by atoms with Gasteiger partial charge in [-0.25, -0.2) is 0 Å². The van der Waals surface area contributed by atoms with E-state index in [0.717, 1.165) is 44.3 Å². The first-order chi connectivity index (χ1) is 8.31. The molecule has 3 rings (SSSR count). The maximum Gasteiger partial charge on any atom is 0.226 e. The quantitative estimate of drug-likeness (QED) is 0.792. The lowest BCUT2D eigenvalue weighted by Gasteiger charge is -2.31. The second kappa shape index (κ2) is 4.60. The monoisotopic (exact) mass is 236 g/mol. The van der Waals surface area contributed by atoms with Crippen molar-refractivity contribution in [3.63, 3.8) is 0 Å². The Morgan fingerprint density at radius 2 is 1.65 bits per heavy atom. The number of carbonyl (C=O) groups is 1. The van der Waals surface area contributed by atoms with Crippen LogP contribution in [0.2, 0.25) is 0 Å². The van der Waals surface area contributed by atoms with Gasteiger partial charge in [-0.3, -0.25) is 4.79 Å². The van der Waals surface area contributed by atoms with Gasteiger partial charge in [0.15, 0.2) is 0 Å². The van der Waals surface area contributed by atoms with Gasteiger partial charge in [-0.2, -0.15) is 0 Å². The van der Waals surface area contributed by atoms with E-state index in [-0.39, 0.29) is 0 Å². The minimum atomic E-state index is 0.409. The third-order valence-electron chi connectivity index (χ3n) is 5.20. The van der Waals surface area contributed by atoms with E-state index in [0.29, 0.717) is 17.7 Å². The van der Waals surface area contributed by atoms with Crippen LogP contribution in [0.5, 0.6) is 0 Å². The van der Waals surface area contributed by atoms with Gasteiger partial charge in [0.2, 0.25) is 5.91 Å². The molecule has 1 amide bonds. The first-order valence-electron chi connectivity index (χ1n) is 7.30. The summed E-state index contributed by atoms with van der Waals surface area (Å²) in [4.78, 5) is 14.5. The first-order valence-corrected chi connectivity index (χ1v) is 7.30. The van der Waals surface area contributed by atoms with Crippen molar-refractivity contribution in [2.45, 2.75) is 38.5 Å². The molecule has 0 aromatic carbocycles. The molecule has 2 aliphatic carbocycles. The first kappa shape index (κ1) is 11.5. The topological polar surface area (TPSA) is 46.3 Å². The summed E-state index contributed by atoms with van der Waals surface area (Å²) in [7, 11) is 0. The van der Waals surface area contributed by atoms with Gasteiger partial charge in [-0.05, 0) is 50.0 Å². The average Bonchev–Trinajstić information content (AvgIpc) is 3.12. The largest absolute Gasteiger partial charge is 0.342 e. The van der Waals surface area contributed by atoms with Crippen molar-refractivity contribution >= 4 is 5.91 Å². The molecule has 17 heavy (non-hydrogen) atoms. The standard InChI is InChI=1S/C14H24N2O/c15-9-10-5-7-16(8-6-10)14(17)13-11-3-1-2-4-12(11)13/h10-13H,1-9,15H2. The number of carbonyl (C=O) groups excluding carboxylic acids is 1. The van der Waals surface area contributed by atoms with Gasteiger partial charge in [-0.1, -0.05) is 12.8 Å². The molecule has 2 N–H and O–H groups in total. The fourth-order valence-electron chi connectivity index (χ4n) is 3.96. The van der Waals surface area contributed by atoms with Gasteiger partial charge in [0.1, 0.15) is 0 Å². The smallest absolute Gasteiger partial charge is 0.226 e. The molecular formula is C14H24N2O. The predicted molar refractivity (Wildman–Crippen MR) is 67.3 cm³/mol. The molecule has 96 valence electrons. The minimum Gasteiger partial charge on any atom is -0.342 e. The molecule has 1 saturated heterocycles. The van der Waals surface area contributed by atoms with Crippen molar-refractivity contribution in [3.8, 4) is 0 Å². The number of fused-ring (bicyclic) bond motifs is 1. The minimum absolute atomic E-state index is 0.409. The van der Waals surface area contributed by atoms with E-state index in [1.54, 1.807) is 0 Å². The second-order valence-electron chi connectivity index (χ2n) is 6.14. The van der Waals surface area contributed by atoms with Crippen LogP contribution in [0.15, 0.2) is 0 Å². The molecule has 0 aromatic rings. The molecule has 1 heterocycles. The lowest BCUT2D eigenvalue weighted by atomic mass is 9.97. The van der Waals surface area contributed by atoms with Gasteiger partial charge in [0.25, 0.3) is 0 Å². The molecule has 0 radical (unpaired) electrons. The number of nitrogens with two attached hydrogens (primary N) is 1. The fourth-order valence-corrected chi connectivity index (χ4v) is 3.96. The van der Waals surface area contributed by atoms with Crippen LogP contribution in [0.3, 0.4) is 0 Å². The third-order valence-corrected chi connectivity index (χ3v) is 5.20. The number of hydrogen-bond acceptors (Lipinski definition) is 2. The second-order valence-corrected chi connectivity index (χ2v) is 6.14. The molecule has 1 aliphatic heterocycles. The summed E-state index contributed by atoms with van der Waals surface area (Å²) in [5.74, 6) is 3.04. The van der Waals surface area contributed by atoms with E-state index >= 15 is 0 Å². The van der Waals surface area contributed by atoms with Crippen molar-refractivity contribution in [2.75, 3.05) is 19.6 Å². The number of likely N-dealkylation sites (tertiary alicyclic amines) is 1. The third kappa shape index (κ3) is 2.10. The average molecular weight is 236 g/mol. The molecule has 2 unspecified atom stereocenters. The predicted octanol–water partition coefficient (Wildman–Crippen LogP) is 1.62. The number of hydrogen-bond donors (Lipinski definition) is 1. The van der Waals surface area contributed by atoms with Crippen LogP contribution >= 0.6 is 0 Å². The summed E-state index contributed by atoms with van der Waals surface area (Å²) in [6.45, 7) is 2.70. The summed E-state index contributed by atoms with van der Waals surface area (Å²) in [6.07, 6.45) is 7.54. The van der Waals surface area contributed by atoms with E-state index in [1.807, 2.05) is 0 Å². The van der Waals surface area contributed by atoms with Gasteiger partial charge < -0.3 is 10.6 Å². The van der Waals surface area contributed by atoms with Crippen LogP contribution in [-0.4, -0.2) is 30.4 Å². The summed E-state index contributed by atoms with van der Waals surface area (Å²) in [6, 6.07) is 0. The van der Waals surface area contributed by atoms with Gasteiger partial charge in [-0.15, -0.1) is 0 Å². The fraction of sp³-hybridized carbons (Fsp3) is 0.929. The van der Waals surface area contributed by atoms with Crippen LogP contribution in [0.1, 0.15) is 38.5 Å². The molecule has 0 spiro atoms. The number of nitrogens with zero attached hydrogens (tertiary/aromatic N) is 1. The highest BCUT2D eigenvalue weighted by molar-refractivity contribution is 5.82. The molecular weight excluding hydrogens is 212 g/mol. The van der Waals surface area contributed by atoms with E-state index in [2.05, 4.69) is 4.90 Å². The van der Waals surface area contributed by atoms with Crippen LogP contribution in [0, 0.1) is 23.7 Å². The number of amides is 1. The summed E-state index contributed by atoms with van der Waals surface area (Å²) < 4.78 is 0. The van der Waals surface area contributed by atoms with Gasteiger partial charge in [0, 0.05) is 19.0 Å². The summed E-state index contributed by atoms with van der Waals surface area (Å²) in [5, 5.41) is 0. The maximum atomic E-state index is 12.4. The normalized spacial score (nSPS) is 37.7. The zero-order valence-electron chi connectivity index (χ0n) is 10.6. The molecule has 0 bridgehead atoms. The van der Waals surface area contributed by atoms with Crippen LogP contribution < -0.4 is 5.73 Å². The van der Waals surface area contributed by atoms with E-state index in [1.165, 1.54) is 25.7 Å². The Hall–Kier alpha value is -0.570. The molecule has 3 heteroatoms. The Balaban J connectivity index is 1.54. The molecule has 2 saturated carbocycles. The Kier molecular flexibility index (Phi) is 3.12. The SMILES string of the molecule is NCC1CCN(C(=O)C2C3CCCCC32)CC1. The zero-order chi connectivity index (χ0) is 11.8. The van der Waals surface area contributed by atoms with E-state index in [9.17, 15) is 4.79 Å².